The third-order valence-electron chi connectivity index (χ3n) is 4.80. The van der Waals surface area contributed by atoms with E-state index in [0.717, 1.165) is 33.5 Å². The van der Waals surface area contributed by atoms with Crippen LogP contribution in [-0.2, 0) is 0 Å². The van der Waals surface area contributed by atoms with E-state index in [1.54, 1.807) is 24.7 Å². The summed E-state index contributed by atoms with van der Waals surface area (Å²) < 4.78 is 10.6. The summed E-state index contributed by atoms with van der Waals surface area (Å²) in [6.45, 7) is 7.52. The van der Waals surface area contributed by atoms with Gasteiger partial charge in [0.1, 0.15) is 17.5 Å². The van der Waals surface area contributed by atoms with Crippen LogP contribution in [0.15, 0.2) is 41.8 Å². The number of aromatic amines is 1. The molecule has 0 saturated carbocycles. The number of hydrogen-bond donors (Lipinski definition) is 2. The Kier molecular flexibility index (Phi) is 4.44. The van der Waals surface area contributed by atoms with Gasteiger partial charge < -0.3 is 19.4 Å². The van der Waals surface area contributed by atoms with Gasteiger partial charge in [-0.15, -0.1) is 0 Å². The van der Waals surface area contributed by atoms with Crippen molar-refractivity contribution >= 4 is 17.1 Å². The minimum atomic E-state index is -0.946. The number of rotatable bonds is 5. The topological polar surface area (TPSA) is 97.1 Å². The first-order valence-corrected chi connectivity index (χ1v) is 8.78. The summed E-state index contributed by atoms with van der Waals surface area (Å²) in [6.07, 6.45) is 5.89. The molecule has 1 unspecified atom stereocenters. The van der Waals surface area contributed by atoms with E-state index < -0.39 is 6.10 Å². The molecule has 4 heterocycles. The van der Waals surface area contributed by atoms with Crippen LogP contribution in [0.5, 0.6) is 5.88 Å². The van der Waals surface area contributed by atoms with Crippen LogP contribution in [-0.4, -0.2) is 32.3 Å². The standard InChI is InChI=1S/C21H20N4O3/c1-5-13-6-16(21(27-4)24-8-13)19(26)17-10-23-20-15(17)7-14(9-22-20)18-11(2)25-28-12(18)3/h5-10,19,26H,1H2,2-4H3,(H,22,23). The van der Waals surface area contributed by atoms with Crippen LogP contribution in [0.1, 0.15) is 34.2 Å². The largest absolute Gasteiger partial charge is 0.481 e. The van der Waals surface area contributed by atoms with Crippen LogP contribution < -0.4 is 4.74 Å². The second kappa shape index (κ2) is 6.94. The second-order valence-corrected chi connectivity index (χ2v) is 6.54. The van der Waals surface area contributed by atoms with Crippen molar-refractivity contribution in [1.29, 1.82) is 0 Å². The molecular weight excluding hydrogens is 356 g/mol. The molecule has 0 saturated heterocycles. The molecule has 2 N–H and O–H groups in total. The van der Waals surface area contributed by atoms with Gasteiger partial charge in [0.15, 0.2) is 0 Å². The zero-order chi connectivity index (χ0) is 19.8. The first kappa shape index (κ1) is 17.9. The van der Waals surface area contributed by atoms with E-state index in [1.807, 2.05) is 26.0 Å². The molecule has 7 heteroatoms. The lowest BCUT2D eigenvalue weighted by molar-refractivity contribution is 0.215. The monoisotopic (exact) mass is 376 g/mol. The number of methoxy groups -OCH3 is 1. The molecule has 0 aromatic carbocycles. The van der Waals surface area contributed by atoms with E-state index in [4.69, 9.17) is 9.26 Å². The van der Waals surface area contributed by atoms with Gasteiger partial charge in [-0.1, -0.05) is 17.8 Å². The molecule has 0 amide bonds. The van der Waals surface area contributed by atoms with Gasteiger partial charge in [-0.3, -0.25) is 0 Å². The first-order chi connectivity index (χ1) is 13.5. The normalized spacial score (nSPS) is 12.3. The van der Waals surface area contributed by atoms with E-state index in [0.29, 0.717) is 22.7 Å². The van der Waals surface area contributed by atoms with Crippen molar-refractivity contribution in [3.05, 3.63) is 65.4 Å². The van der Waals surface area contributed by atoms with Crippen LogP contribution in [0.2, 0.25) is 0 Å². The van der Waals surface area contributed by atoms with Crippen molar-refractivity contribution in [2.45, 2.75) is 20.0 Å². The maximum absolute atomic E-state index is 11.1. The van der Waals surface area contributed by atoms with Gasteiger partial charge in [0.2, 0.25) is 5.88 Å². The Morgan fingerprint density at radius 2 is 2.04 bits per heavy atom. The fraction of sp³-hybridized carbons (Fsp3) is 0.190. The Morgan fingerprint density at radius 3 is 2.71 bits per heavy atom. The van der Waals surface area contributed by atoms with Gasteiger partial charge in [-0.2, -0.15) is 0 Å². The molecule has 0 bridgehead atoms. The van der Waals surface area contributed by atoms with Gasteiger partial charge in [0, 0.05) is 46.2 Å². The molecule has 0 spiro atoms. The maximum atomic E-state index is 11.1. The van der Waals surface area contributed by atoms with Crippen molar-refractivity contribution < 1.29 is 14.4 Å². The Hall–Kier alpha value is -3.45. The number of hydrogen-bond acceptors (Lipinski definition) is 6. The quantitative estimate of drug-likeness (QED) is 0.547. The molecule has 28 heavy (non-hydrogen) atoms. The average Bonchev–Trinajstić information content (AvgIpc) is 3.29. The van der Waals surface area contributed by atoms with E-state index in [2.05, 4.69) is 26.7 Å². The first-order valence-electron chi connectivity index (χ1n) is 8.78. The van der Waals surface area contributed by atoms with Gasteiger partial charge in [-0.05, 0) is 31.5 Å². The highest BCUT2D eigenvalue weighted by atomic mass is 16.5. The molecule has 0 fully saturated rings. The number of aliphatic hydroxyl groups excluding tert-OH is 1. The highest BCUT2D eigenvalue weighted by Crippen LogP contribution is 2.35. The highest BCUT2D eigenvalue weighted by molar-refractivity contribution is 5.86. The van der Waals surface area contributed by atoms with Gasteiger partial charge >= 0.3 is 0 Å². The van der Waals surface area contributed by atoms with Crippen LogP contribution in [0.25, 0.3) is 28.2 Å². The summed E-state index contributed by atoms with van der Waals surface area (Å²) >= 11 is 0. The van der Waals surface area contributed by atoms with Gasteiger partial charge in [0.25, 0.3) is 0 Å². The second-order valence-electron chi connectivity index (χ2n) is 6.54. The molecule has 4 aromatic heterocycles. The predicted molar refractivity (Wildman–Crippen MR) is 106 cm³/mol. The van der Waals surface area contributed by atoms with Crippen molar-refractivity contribution in [1.82, 2.24) is 20.1 Å². The Labute approximate surface area is 161 Å². The van der Waals surface area contributed by atoms with Crippen LogP contribution in [0.3, 0.4) is 0 Å². The summed E-state index contributed by atoms with van der Waals surface area (Å²) in [4.78, 5) is 11.9. The molecule has 4 aromatic rings. The number of aromatic nitrogens is 4. The SMILES string of the molecule is C=Cc1cnc(OC)c(C(O)c2c[nH]c3ncc(-c4c(C)noc4C)cc23)c1. The molecule has 0 aliphatic heterocycles. The van der Waals surface area contributed by atoms with E-state index in [-0.39, 0.29) is 0 Å². The zero-order valence-electron chi connectivity index (χ0n) is 15.9. The summed E-state index contributed by atoms with van der Waals surface area (Å²) in [7, 11) is 1.53. The summed E-state index contributed by atoms with van der Waals surface area (Å²) in [5.41, 5.74) is 5.29. The summed E-state index contributed by atoms with van der Waals surface area (Å²) in [5.74, 6) is 1.09. The molecule has 1 atom stereocenters. The minimum Gasteiger partial charge on any atom is -0.481 e. The molecule has 0 radical (unpaired) electrons. The van der Waals surface area contributed by atoms with E-state index >= 15 is 0 Å². The molecular formula is C21H20N4O3. The third-order valence-corrected chi connectivity index (χ3v) is 4.80. The van der Waals surface area contributed by atoms with Crippen molar-refractivity contribution in [3.63, 3.8) is 0 Å². The smallest absolute Gasteiger partial charge is 0.219 e. The van der Waals surface area contributed by atoms with E-state index in [1.165, 1.54) is 7.11 Å². The number of aliphatic hydroxyl groups is 1. The van der Waals surface area contributed by atoms with E-state index in [9.17, 15) is 5.11 Å². The fourth-order valence-electron chi connectivity index (χ4n) is 3.41. The predicted octanol–water partition coefficient (Wildman–Crippen LogP) is 3.96. The Bertz CT molecular complexity index is 1160. The minimum absolute atomic E-state index is 0.363. The third kappa shape index (κ3) is 2.86. The summed E-state index contributed by atoms with van der Waals surface area (Å²) in [6, 6.07) is 3.79. The van der Waals surface area contributed by atoms with Gasteiger partial charge in [-0.25, -0.2) is 9.97 Å². The average molecular weight is 376 g/mol. The zero-order valence-corrected chi connectivity index (χ0v) is 15.9. The lowest BCUT2D eigenvalue weighted by atomic mass is 9.99. The number of nitrogens with zero attached hydrogens (tertiary/aromatic N) is 3. The number of aryl methyl sites for hydroxylation is 2. The van der Waals surface area contributed by atoms with Crippen molar-refractivity contribution in [3.8, 4) is 17.0 Å². The summed E-state index contributed by atoms with van der Waals surface area (Å²) in [5, 5.41) is 15.9. The molecule has 7 nitrogen and oxygen atoms in total. The number of fused-ring (bicyclic) bond motifs is 1. The molecule has 4 rings (SSSR count). The lowest BCUT2D eigenvalue weighted by Gasteiger charge is -2.14. The number of nitrogens with one attached hydrogen (secondary N) is 1. The maximum Gasteiger partial charge on any atom is 0.219 e. The number of H-pyrrole nitrogens is 1. The van der Waals surface area contributed by atoms with Crippen molar-refractivity contribution in [2.24, 2.45) is 0 Å². The highest BCUT2D eigenvalue weighted by Gasteiger charge is 2.22. The molecule has 0 aliphatic carbocycles. The number of ether oxygens (including phenoxy) is 1. The number of pyridine rings is 2. The van der Waals surface area contributed by atoms with Crippen LogP contribution >= 0.6 is 0 Å². The molecule has 142 valence electrons. The lowest BCUT2D eigenvalue weighted by Crippen LogP contribution is -2.04. The Balaban J connectivity index is 1.86. The Morgan fingerprint density at radius 1 is 1.21 bits per heavy atom. The fourth-order valence-corrected chi connectivity index (χ4v) is 3.41. The van der Waals surface area contributed by atoms with Crippen LogP contribution in [0, 0.1) is 13.8 Å². The van der Waals surface area contributed by atoms with Gasteiger partial charge in [0.05, 0.1) is 12.8 Å². The van der Waals surface area contributed by atoms with Crippen LogP contribution in [0.4, 0.5) is 0 Å². The van der Waals surface area contributed by atoms with Crippen molar-refractivity contribution in [2.75, 3.05) is 7.11 Å². The molecule has 0 aliphatic rings.